The molecule has 5 aliphatic rings. The van der Waals surface area contributed by atoms with Crippen molar-refractivity contribution in [1.82, 2.24) is 4.90 Å². The highest BCUT2D eigenvalue weighted by atomic mass is 16.5. The maximum Gasteiger partial charge on any atom is 0.208 e. The maximum absolute atomic E-state index is 13.5. The van der Waals surface area contributed by atoms with Crippen LogP contribution in [0, 0.1) is 28.6 Å². The van der Waals surface area contributed by atoms with E-state index in [1.54, 1.807) is 12.2 Å². The lowest BCUT2D eigenvalue weighted by Crippen LogP contribution is -2.63. The maximum atomic E-state index is 13.5. The minimum Gasteiger partial charge on any atom is -0.393 e. The van der Waals surface area contributed by atoms with Gasteiger partial charge in [-0.3, -0.25) is 14.5 Å². The first-order chi connectivity index (χ1) is 14.1. The van der Waals surface area contributed by atoms with Crippen LogP contribution in [-0.4, -0.2) is 64.8 Å². The van der Waals surface area contributed by atoms with Crippen molar-refractivity contribution in [3.8, 4) is 0 Å². The van der Waals surface area contributed by atoms with Crippen LogP contribution in [0.15, 0.2) is 23.8 Å². The number of aliphatic hydroxyl groups excluding tert-OH is 1. The SMILES string of the molecule is CN1CCO[C@@H]1C(=O)[C@@]1(O)CC[C@H]2[C@@H]3CCC4=CC(=O)C=C[C@]4(C)[C@H]3[C@@H](O)C[C@@]21C. The molecule has 8 atom stereocenters. The molecular weight excluding hydrogens is 382 g/mol. The first-order valence-electron chi connectivity index (χ1n) is 11.3. The quantitative estimate of drug-likeness (QED) is 0.716. The minimum absolute atomic E-state index is 0.00258. The van der Waals surface area contributed by atoms with Gasteiger partial charge in [0, 0.05) is 23.3 Å². The minimum atomic E-state index is -1.48. The summed E-state index contributed by atoms with van der Waals surface area (Å²) in [6.45, 7) is 5.32. The number of Topliss-reactive ketones (excluding diaryl/α,β-unsaturated/α-hetero) is 1. The zero-order valence-electron chi connectivity index (χ0n) is 18.1. The lowest BCUT2D eigenvalue weighted by Gasteiger charge is -2.59. The second-order valence-electron chi connectivity index (χ2n) is 10.7. The van der Waals surface area contributed by atoms with Crippen molar-refractivity contribution in [2.75, 3.05) is 20.2 Å². The number of aliphatic hydroxyl groups is 2. The second kappa shape index (κ2) is 6.58. The van der Waals surface area contributed by atoms with Crippen molar-refractivity contribution in [1.29, 1.82) is 0 Å². The molecule has 0 aromatic heterocycles. The van der Waals surface area contributed by atoms with Crippen LogP contribution >= 0.6 is 0 Å². The third kappa shape index (κ3) is 2.51. The van der Waals surface area contributed by atoms with Crippen molar-refractivity contribution in [2.45, 2.75) is 63.9 Å². The number of allylic oxidation sites excluding steroid dienone is 4. The summed E-state index contributed by atoms with van der Waals surface area (Å²) < 4.78 is 5.66. The Labute approximate surface area is 178 Å². The first kappa shape index (κ1) is 20.6. The van der Waals surface area contributed by atoms with Crippen LogP contribution in [0.2, 0.25) is 0 Å². The normalized spacial score (nSPS) is 50.6. The van der Waals surface area contributed by atoms with Gasteiger partial charge in [0.2, 0.25) is 5.78 Å². The molecule has 0 aromatic rings. The number of nitrogens with zero attached hydrogens (tertiary/aromatic N) is 1. The molecule has 0 aromatic carbocycles. The molecule has 2 N–H and O–H groups in total. The number of rotatable bonds is 2. The van der Waals surface area contributed by atoms with Crippen LogP contribution in [0.3, 0.4) is 0 Å². The molecule has 30 heavy (non-hydrogen) atoms. The van der Waals surface area contributed by atoms with Crippen molar-refractivity contribution >= 4 is 11.6 Å². The summed E-state index contributed by atoms with van der Waals surface area (Å²) in [4.78, 5) is 27.3. The lowest BCUT2D eigenvalue weighted by atomic mass is 9.46. The summed E-state index contributed by atoms with van der Waals surface area (Å²) in [5.41, 5.74) is -1.38. The predicted molar refractivity (Wildman–Crippen MR) is 110 cm³/mol. The van der Waals surface area contributed by atoms with Gasteiger partial charge in [-0.15, -0.1) is 0 Å². The van der Waals surface area contributed by atoms with Crippen LogP contribution < -0.4 is 0 Å². The van der Waals surface area contributed by atoms with Gasteiger partial charge >= 0.3 is 0 Å². The topological polar surface area (TPSA) is 87.1 Å². The fraction of sp³-hybridized carbons (Fsp3) is 0.750. The van der Waals surface area contributed by atoms with E-state index in [4.69, 9.17) is 4.74 Å². The van der Waals surface area contributed by atoms with Gasteiger partial charge in [0.05, 0.1) is 12.7 Å². The average molecular weight is 416 g/mol. The van der Waals surface area contributed by atoms with E-state index in [0.29, 0.717) is 26.0 Å². The molecule has 0 unspecified atom stereocenters. The van der Waals surface area contributed by atoms with E-state index in [2.05, 4.69) is 6.92 Å². The Morgan fingerprint density at radius 3 is 2.77 bits per heavy atom. The molecule has 0 radical (unpaired) electrons. The molecular formula is C24H33NO5. The third-order valence-corrected chi connectivity index (χ3v) is 9.40. The number of fused-ring (bicyclic) bond motifs is 5. The molecule has 0 bridgehead atoms. The number of ether oxygens (including phenoxy) is 1. The summed E-state index contributed by atoms with van der Waals surface area (Å²) in [5, 5.41) is 23.2. The summed E-state index contributed by atoms with van der Waals surface area (Å²) in [7, 11) is 1.85. The predicted octanol–water partition coefficient (Wildman–Crippen LogP) is 1.85. The van der Waals surface area contributed by atoms with Crippen LogP contribution in [-0.2, 0) is 14.3 Å². The van der Waals surface area contributed by atoms with E-state index in [1.165, 1.54) is 0 Å². The van der Waals surface area contributed by atoms with E-state index >= 15 is 0 Å². The number of ketones is 2. The average Bonchev–Trinajstić information content (AvgIpc) is 3.23. The van der Waals surface area contributed by atoms with Gasteiger partial charge in [-0.1, -0.05) is 25.5 Å². The van der Waals surface area contributed by atoms with Crippen molar-refractivity contribution in [2.24, 2.45) is 28.6 Å². The summed E-state index contributed by atoms with van der Waals surface area (Å²) in [6.07, 6.45) is 7.33. The molecule has 5 rings (SSSR count). The molecule has 6 heteroatoms. The Hall–Kier alpha value is -1.34. The Morgan fingerprint density at radius 1 is 1.30 bits per heavy atom. The fourth-order valence-corrected chi connectivity index (χ4v) is 7.77. The molecule has 3 saturated carbocycles. The second-order valence-corrected chi connectivity index (χ2v) is 10.7. The van der Waals surface area contributed by atoms with Crippen LogP contribution in [0.5, 0.6) is 0 Å². The molecule has 4 fully saturated rings. The summed E-state index contributed by atoms with van der Waals surface area (Å²) in [6, 6.07) is 0. The molecule has 1 saturated heterocycles. The standard InChI is InChI=1S/C24H33NO5/c1-22-8-6-15(26)12-14(22)4-5-16-17-7-9-24(29,20(28)21-25(3)10-11-30-21)23(17,2)13-18(27)19(16)22/h6,8,12,16-19,21,27,29H,4-5,7,9-11,13H2,1-3H3/t16-,17-,18-,19+,21+,22-,23-,24-/m0/s1. The van der Waals surface area contributed by atoms with E-state index in [-0.39, 0.29) is 34.7 Å². The van der Waals surface area contributed by atoms with Gasteiger partial charge in [0.15, 0.2) is 12.0 Å². The molecule has 164 valence electrons. The summed E-state index contributed by atoms with van der Waals surface area (Å²) >= 11 is 0. The smallest absolute Gasteiger partial charge is 0.208 e. The van der Waals surface area contributed by atoms with E-state index in [9.17, 15) is 19.8 Å². The number of likely N-dealkylation sites (N-methyl/N-ethyl adjacent to an activating group) is 1. The molecule has 0 spiro atoms. The molecule has 1 aliphatic heterocycles. The van der Waals surface area contributed by atoms with E-state index in [0.717, 1.165) is 24.8 Å². The lowest BCUT2D eigenvalue weighted by molar-refractivity contribution is -0.186. The zero-order valence-corrected chi connectivity index (χ0v) is 18.1. The van der Waals surface area contributed by atoms with Crippen LogP contribution in [0.4, 0.5) is 0 Å². The number of hydrogen-bond acceptors (Lipinski definition) is 6. The number of hydrogen-bond donors (Lipinski definition) is 2. The largest absolute Gasteiger partial charge is 0.393 e. The van der Waals surface area contributed by atoms with Crippen LogP contribution in [0.25, 0.3) is 0 Å². The Balaban J connectivity index is 1.50. The van der Waals surface area contributed by atoms with Crippen molar-refractivity contribution < 1.29 is 24.5 Å². The monoisotopic (exact) mass is 415 g/mol. The van der Waals surface area contributed by atoms with Gasteiger partial charge in [-0.25, -0.2) is 0 Å². The van der Waals surface area contributed by atoms with Gasteiger partial charge in [0.1, 0.15) is 5.60 Å². The highest BCUT2D eigenvalue weighted by Gasteiger charge is 2.69. The van der Waals surface area contributed by atoms with Gasteiger partial charge < -0.3 is 14.9 Å². The van der Waals surface area contributed by atoms with Crippen molar-refractivity contribution in [3.05, 3.63) is 23.8 Å². The van der Waals surface area contributed by atoms with E-state index in [1.807, 2.05) is 24.9 Å². The Bertz CT molecular complexity index is 851. The molecule has 4 aliphatic carbocycles. The fourth-order valence-electron chi connectivity index (χ4n) is 7.77. The molecule has 0 amide bonds. The molecule has 1 heterocycles. The van der Waals surface area contributed by atoms with Gasteiger partial charge in [-0.05, 0) is 63.1 Å². The number of carbonyl (C=O) groups excluding carboxylic acids is 2. The first-order valence-corrected chi connectivity index (χ1v) is 11.3. The zero-order chi connectivity index (χ0) is 21.5. The summed E-state index contributed by atoms with van der Waals surface area (Å²) in [5.74, 6) is 0.156. The highest BCUT2D eigenvalue weighted by molar-refractivity contribution is 6.01. The molecule has 6 nitrogen and oxygen atoms in total. The van der Waals surface area contributed by atoms with Gasteiger partial charge in [0.25, 0.3) is 0 Å². The highest BCUT2D eigenvalue weighted by Crippen LogP contribution is 2.67. The third-order valence-electron chi connectivity index (χ3n) is 9.40. The van der Waals surface area contributed by atoms with Crippen LogP contribution in [0.1, 0.15) is 46.0 Å². The van der Waals surface area contributed by atoms with Crippen molar-refractivity contribution in [3.63, 3.8) is 0 Å². The van der Waals surface area contributed by atoms with E-state index < -0.39 is 23.3 Å². The Morgan fingerprint density at radius 2 is 2.07 bits per heavy atom. The number of carbonyl (C=O) groups is 2. The van der Waals surface area contributed by atoms with Gasteiger partial charge in [-0.2, -0.15) is 0 Å². The Kier molecular flexibility index (Phi) is 4.51.